The number of ether oxygens (including phenoxy) is 1. The van der Waals surface area contributed by atoms with Crippen molar-refractivity contribution in [3.8, 4) is 16.9 Å². The summed E-state index contributed by atoms with van der Waals surface area (Å²) in [6, 6.07) is 12.4. The molecule has 0 fully saturated rings. The fraction of sp³-hybridized carbons (Fsp3) is 0.130. The van der Waals surface area contributed by atoms with Gasteiger partial charge >= 0.3 is 5.97 Å². The Hall–Kier alpha value is -4.07. The zero-order chi connectivity index (χ0) is 21.7. The van der Waals surface area contributed by atoms with E-state index >= 15 is 0 Å². The molecule has 0 saturated carbocycles. The molecule has 0 radical (unpaired) electrons. The molecule has 0 saturated heterocycles. The largest absolute Gasteiger partial charge is 0.465 e. The number of aromatic nitrogens is 5. The molecule has 0 spiro atoms. The summed E-state index contributed by atoms with van der Waals surface area (Å²) in [4.78, 5) is 16.1. The highest BCUT2D eigenvalue weighted by Gasteiger charge is 2.21. The molecule has 5 aromatic rings. The summed E-state index contributed by atoms with van der Waals surface area (Å²) in [6.45, 7) is 1.85. The van der Waals surface area contributed by atoms with Gasteiger partial charge in [0.05, 0.1) is 35.6 Å². The van der Waals surface area contributed by atoms with Crippen molar-refractivity contribution >= 4 is 27.8 Å². The third kappa shape index (κ3) is 2.95. The fourth-order valence-corrected chi connectivity index (χ4v) is 3.95. The number of carbonyl (C=O) groups excluding carboxylic acids is 1. The third-order valence-electron chi connectivity index (χ3n) is 5.38. The topological polar surface area (TPSA) is 74.8 Å². The van der Waals surface area contributed by atoms with Crippen LogP contribution in [0.15, 0.2) is 54.9 Å². The molecule has 5 rings (SSSR count). The lowest BCUT2D eigenvalue weighted by Gasteiger charge is -2.08. The van der Waals surface area contributed by atoms with Crippen molar-refractivity contribution < 1.29 is 13.9 Å². The van der Waals surface area contributed by atoms with E-state index in [0.717, 1.165) is 33.1 Å². The van der Waals surface area contributed by atoms with Crippen LogP contribution in [0.3, 0.4) is 0 Å². The Morgan fingerprint density at radius 3 is 2.65 bits per heavy atom. The number of methoxy groups -OCH3 is 1. The summed E-state index contributed by atoms with van der Waals surface area (Å²) in [5.74, 6) is -1.01. The van der Waals surface area contributed by atoms with Gasteiger partial charge in [-0.25, -0.2) is 14.5 Å². The Labute approximate surface area is 176 Å². The molecule has 154 valence electrons. The van der Waals surface area contributed by atoms with E-state index in [2.05, 4.69) is 10.1 Å². The number of esters is 1. The lowest BCUT2D eigenvalue weighted by atomic mass is 10.00. The van der Waals surface area contributed by atoms with Gasteiger partial charge in [-0.3, -0.25) is 4.68 Å². The average Bonchev–Trinajstić information content (AvgIpc) is 3.34. The van der Waals surface area contributed by atoms with Crippen LogP contribution in [0, 0.1) is 12.9 Å². The number of rotatable bonds is 3. The van der Waals surface area contributed by atoms with Crippen LogP contribution in [0.2, 0.25) is 0 Å². The fourth-order valence-electron chi connectivity index (χ4n) is 3.95. The minimum atomic E-state index is -0.576. The van der Waals surface area contributed by atoms with E-state index in [0.29, 0.717) is 16.8 Å². The molecule has 0 amide bonds. The smallest absolute Gasteiger partial charge is 0.338 e. The second-order valence-corrected chi connectivity index (χ2v) is 7.27. The van der Waals surface area contributed by atoms with Gasteiger partial charge in [0.1, 0.15) is 5.69 Å². The molecular weight excluding hydrogens is 397 g/mol. The van der Waals surface area contributed by atoms with Crippen molar-refractivity contribution in [1.82, 2.24) is 24.5 Å². The van der Waals surface area contributed by atoms with Crippen LogP contribution >= 0.6 is 0 Å². The molecular formula is C23H18FN5O2. The maximum atomic E-state index is 13.4. The van der Waals surface area contributed by atoms with Crippen molar-refractivity contribution in [2.75, 3.05) is 7.11 Å². The van der Waals surface area contributed by atoms with Crippen molar-refractivity contribution in [1.29, 1.82) is 0 Å². The first kappa shape index (κ1) is 18.9. The van der Waals surface area contributed by atoms with E-state index in [1.807, 2.05) is 44.4 Å². The van der Waals surface area contributed by atoms with E-state index in [4.69, 9.17) is 9.84 Å². The monoisotopic (exact) mass is 415 g/mol. The number of halogens is 1. The molecule has 0 N–H and O–H groups in total. The number of pyridine rings is 1. The number of carbonyl (C=O) groups is 1. The first-order valence-electron chi connectivity index (χ1n) is 9.63. The number of fused-ring (bicyclic) bond motifs is 2. The summed E-state index contributed by atoms with van der Waals surface area (Å²) < 4.78 is 21.8. The molecule has 0 unspecified atom stereocenters. The number of aryl methyl sites for hydroxylation is 2. The summed E-state index contributed by atoms with van der Waals surface area (Å²) in [5.41, 5.74) is 4.97. The summed E-state index contributed by atoms with van der Waals surface area (Å²) in [7, 11) is 3.22. The van der Waals surface area contributed by atoms with Crippen molar-refractivity contribution in [2.45, 2.75) is 6.92 Å². The number of benzene rings is 2. The van der Waals surface area contributed by atoms with Gasteiger partial charge in [0, 0.05) is 29.6 Å². The van der Waals surface area contributed by atoms with Crippen LogP contribution < -0.4 is 0 Å². The first-order valence-corrected chi connectivity index (χ1v) is 9.63. The van der Waals surface area contributed by atoms with E-state index in [-0.39, 0.29) is 0 Å². The highest BCUT2D eigenvalue weighted by atomic mass is 19.1. The first-order chi connectivity index (χ1) is 15.0. The van der Waals surface area contributed by atoms with Gasteiger partial charge in [0.15, 0.2) is 0 Å². The minimum absolute atomic E-state index is 0.430. The third-order valence-corrected chi connectivity index (χ3v) is 5.38. The maximum absolute atomic E-state index is 13.4. The van der Waals surface area contributed by atoms with Crippen molar-refractivity contribution in [2.24, 2.45) is 7.05 Å². The van der Waals surface area contributed by atoms with Gasteiger partial charge in [-0.15, -0.1) is 0 Å². The van der Waals surface area contributed by atoms with Crippen LogP contribution in [0.5, 0.6) is 0 Å². The molecule has 2 aromatic carbocycles. The average molecular weight is 415 g/mol. The normalized spacial score (nSPS) is 11.4. The summed E-state index contributed by atoms with van der Waals surface area (Å²) in [6.07, 6.45) is 3.37. The standard InChI is InChI=1S/C23H18FN5O2/c1-13-15(23(30)31-3)8-9-17-21(16-5-4-6-19-18(16)12-28(2)26-19)27-29(22(13)17)14-7-10-20(24)25-11-14/h4-12H,1-3H3. The maximum Gasteiger partial charge on any atom is 0.338 e. The molecule has 0 atom stereocenters. The van der Waals surface area contributed by atoms with Crippen molar-refractivity contribution in [3.05, 3.63) is 71.9 Å². The minimum Gasteiger partial charge on any atom is -0.465 e. The van der Waals surface area contributed by atoms with Crippen LogP contribution in [0.1, 0.15) is 15.9 Å². The summed E-state index contributed by atoms with van der Waals surface area (Å²) >= 11 is 0. The number of nitrogens with zero attached hydrogens (tertiary/aromatic N) is 5. The predicted molar refractivity (Wildman–Crippen MR) is 115 cm³/mol. The van der Waals surface area contributed by atoms with Crippen LogP contribution in [0.4, 0.5) is 4.39 Å². The van der Waals surface area contributed by atoms with Gasteiger partial charge in [0.25, 0.3) is 0 Å². The highest BCUT2D eigenvalue weighted by molar-refractivity contribution is 6.06. The van der Waals surface area contributed by atoms with Crippen molar-refractivity contribution in [3.63, 3.8) is 0 Å². The lowest BCUT2D eigenvalue weighted by Crippen LogP contribution is -2.06. The molecule has 0 aliphatic carbocycles. The SMILES string of the molecule is COC(=O)c1ccc2c(-c3cccc4nn(C)cc34)nn(-c3ccc(F)nc3)c2c1C. The number of hydrogen-bond donors (Lipinski definition) is 0. The molecule has 0 aliphatic rings. The predicted octanol–water partition coefficient (Wildman–Crippen LogP) is 4.21. The second-order valence-electron chi connectivity index (χ2n) is 7.27. The lowest BCUT2D eigenvalue weighted by molar-refractivity contribution is 0.0600. The Kier molecular flexibility index (Phi) is 4.28. The highest BCUT2D eigenvalue weighted by Crippen LogP contribution is 2.36. The van der Waals surface area contributed by atoms with E-state index in [1.165, 1.54) is 19.4 Å². The molecule has 31 heavy (non-hydrogen) atoms. The molecule has 0 aliphatic heterocycles. The van der Waals surface area contributed by atoms with E-state index < -0.39 is 11.9 Å². The second kappa shape index (κ2) is 7.02. The van der Waals surface area contributed by atoms with E-state index in [1.54, 1.807) is 21.5 Å². The Morgan fingerprint density at radius 1 is 1.06 bits per heavy atom. The molecule has 3 heterocycles. The van der Waals surface area contributed by atoms with Gasteiger partial charge in [-0.05, 0) is 42.8 Å². The van der Waals surface area contributed by atoms with Crippen LogP contribution in [-0.4, -0.2) is 37.6 Å². The van der Waals surface area contributed by atoms with Gasteiger partial charge in [-0.1, -0.05) is 12.1 Å². The number of hydrogen-bond acceptors (Lipinski definition) is 5. The van der Waals surface area contributed by atoms with Crippen LogP contribution in [-0.2, 0) is 11.8 Å². The summed E-state index contributed by atoms with van der Waals surface area (Å²) in [5, 5.41) is 11.2. The van der Waals surface area contributed by atoms with E-state index in [9.17, 15) is 9.18 Å². The van der Waals surface area contributed by atoms with Crippen LogP contribution in [0.25, 0.3) is 38.8 Å². The Bertz CT molecular complexity index is 1470. The Morgan fingerprint density at radius 2 is 1.90 bits per heavy atom. The zero-order valence-electron chi connectivity index (χ0n) is 17.1. The van der Waals surface area contributed by atoms with Gasteiger partial charge in [0.2, 0.25) is 5.95 Å². The quantitative estimate of drug-likeness (QED) is 0.326. The van der Waals surface area contributed by atoms with Gasteiger partial charge in [-0.2, -0.15) is 14.6 Å². The molecule has 7 nitrogen and oxygen atoms in total. The molecule has 3 aromatic heterocycles. The van der Waals surface area contributed by atoms with Gasteiger partial charge < -0.3 is 4.74 Å². The molecule has 0 bridgehead atoms. The molecule has 8 heteroatoms. The Balaban J connectivity index is 1.87. The zero-order valence-corrected chi connectivity index (χ0v) is 17.1.